The minimum absolute atomic E-state index is 0.0226. The molecule has 1 N–H and O–H groups in total. The molecular formula is C28H31N3O3S. The van der Waals surface area contributed by atoms with Crippen LogP contribution in [0.1, 0.15) is 36.4 Å². The number of nitrogens with one attached hydrogen (secondary N) is 1. The molecule has 2 aliphatic rings. The molecule has 0 aromatic heterocycles. The zero-order chi connectivity index (χ0) is 24.3. The monoisotopic (exact) mass is 489 g/mol. The SMILES string of the molecule is O=C(Nc1ccc(S(=O)(=O)N2CCN(C(c3ccccc3)c3ccccc3)CC2)cc1)C1CCC1. The molecule has 1 saturated carbocycles. The van der Waals surface area contributed by atoms with Crippen molar-refractivity contribution in [3.8, 4) is 0 Å². The minimum atomic E-state index is -3.60. The predicted octanol–water partition coefficient (Wildman–Crippen LogP) is 4.52. The Labute approximate surface area is 207 Å². The number of piperazine rings is 1. The molecule has 6 nitrogen and oxygen atoms in total. The quantitative estimate of drug-likeness (QED) is 0.530. The number of nitrogens with zero attached hydrogens (tertiary/aromatic N) is 2. The number of hydrogen-bond acceptors (Lipinski definition) is 4. The molecule has 1 heterocycles. The van der Waals surface area contributed by atoms with Gasteiger partial charge in [0.1, 0.15) is 0 Å². The van der Waals surface area contributed by atoms with Crippen LogP contribution in [-0.2, 0) is 14.8 Å². The molecule has 7 heteroatoms. The van der Waals surface area contributed by atoms with Gasteiger partial charge in [0.25, 0.3) is 0 Å². The molecule has 5 rings (SSSR count). The number of hydrogen-bond donors (Lipinski definition) is 1. The smallest absolute Gasteiger partial charge is 0.243 e. The van der Waals surface area contributed by atoms with Crippen molar-refractivity contribution < 1.29 is 13.2 Å². The summed E-state index contributed by atoms with van der Waals surface area (Å²) in [6.45, 7) is 2.14. The van der Waals surface area contributed by atoms with Crippen LogP contribution in [0.4, 0.5) is 5.69 Å². The Morgan fingerprint density at radius 1 is 0.771 bits per heavy atom. The number of sulfonamides is 1. The maximum Gasteiger partial charge on any atom is 0.243 e. The van der Waals surface area contributed by atoms with E-state index in [0.717, 1.165) is 19.3 Å². The number of amides is 1. The van der Waals surface area contributed by atoms with Crippen molar-refractivity contribution in [2.75, 3.05) is 31.5 Å². The maximum atomic E-state index is 13.3. The number of rotatable bonds is 7. The Morgan fingerprint density at radius 2 is 1.31 bits per heavy atom. The summed E-state index contributed by atoms with van der Waals surface area (Å²) in [7, 11) is -3.60. The molecule has 1 amide bonds. The number of anilines is 1. The molecule has 1 aliphatic heterocycles. The standard InChI is InChI=1S/C28H31N3O3S/c32-28(24-12-7-13-24)29-25-14-16-26(17-15-25)35(33,34)31-20-18-30(19-21-31)27(22-8-3-1-4-9-22)23-10-5-2-6-11-23/h1-6,8-11,14-17,24,27H,7,12-13,18-21H2,(H,29,32). The van der Waals surface area contributed by atoms with Gasteiger partial charge < -0.3 is 5.32 Å². The van der Waals surface area contributed by atoms with Crippen molar-refractivity contribution in [3.05, 3.63) is 96.1 Å². The van der Waals surface area contributed by atoms with Crippen LogP contribution in [0.2, 0.25) is 0 Å². The highest BCUT2D eigenvalue weighted by molar-refractivity contribution is 7.89. The van der Waals surface area contributed by atoms with Gasteiger partial charge in [-0.25, -0.2) is 8.42 Å². The fraction of sp³-hybridized carbons (Fsp3) is 0.321. The topological polar surface area (TPSA) is 69.7 Å². The molecule has 2 fully saturated rings. The molecule has 182 valence electrons. The molecule has 1 saturated heterocycles. The molecule has 1 aliphatic carbocycles. The van der Waals surface area contributed by atoms with Crippen molar-refractivity contribution in [1.29, 1.82) is 0 Å². The van der Waals surface area contributed by atoms with Crippen LogP contribution in [0.25, 0.3) is 0 Å². The summed E-state index contributed by atoms with van der Waals surface area (Å²) >= 11 is 0. The summed E-state index contributed by atoms with van der Waals surface area (Å²) in [4.78, 5) is 14.8. The third kappa shape index (κ3) is 5.17. The average molecular weight is 490 g/mol. The van der Waals surface area contributed by atoms with Gasteiger partial charge in [0, 0.05) is 37.8 Å². The van der Waals surface area contributed by atoms with Crippen LogP contribution in [-0.4, -0.2) is 49.7 Å². The fourth-order valence-electron chi connectivity index (χ4n) is 4.86. The Bertz CT molecular complexity index is 1200. The number of carbonyl (C=O) groups excluding carboxylic acids is 1. The van der Waals surface area contributed by atoms with Gasteiger partial charge in [-0.15, -0.1) is 0 Å². The number of carbonyl (C=O) groups is 1. The van der Waals surface area contributed by atoms with Crippen LogP contribution >= 0.6 is 0 Å². The first-order valence-electron chi connectivity index (χ1n) is 12.3. The highest BCUT2D eigenvalue weighted by atomic mass is 32.2. The van der Waals surface area contributed by atoms with Gasteiger partial charge in [0.2, 0.25) is 15.9 Å². The molecular weight excluding hydrogens is 458 g/mol. The highest BCUT2D eigenvalue weighted by Crippen LogP contribution is 2.31. The Balaban J connectivity index is 1.27. The molecule has 0 atom stereocenters. The highest BCUT2D eigenvalue weighted by Gasteiger charge is 2.32. The van der Waals surface area contributed by atoms with E-state index < -0.39 is 10.0 Å². The van der Waals surface area contributed by atoms with E-state index in [-0.39, 0.29) is 22.8 Å². The van der Waals surface area contributed by atoms with Crippen LogP contribution in [0.5, 0.6) is 0 Å². The first-order chi connectivity index (χ1) is 17.0. The molecule has 0 spiro atoms. The largest absolute Gasteiger partial charge is 0.326 e. The average Bonchev–Trinajstić information content (AvgIpc) is 2.85. The van der Waals surface area contributed by atoms with E-state index in [0.29, 0.717) is 31.9 Å². The van der Waals surface area contributed by atoms with Crippen molar-refractivity contribution in [3.63, 3.8) is 0 Å². The summed E-state index contributed by atoms with van der Waals surface area (Å²) in [5.41, 5.74) is 3.04. The Kier molecular flexibility index (Phi) is 7.00. The van der Waals surface area contributed by atoms with Gasteiger partial charge in [0.15, 0.2) is 0 Å². The van der Waals surface area contributed by atoms with Crippen LogP contribution in [0.3, 0.4) is 0 Å². The van der Waals surface area contributed by atoms with E-state index in [4.69, 9.17) is 0 Å². The summed E-state index contributed by atoms with van der Waals surface area (Å²) < 4.78 is 28.2. The Morgan fingerprint density at radius 3 is 1.80 bits per heavy atom. The second-order valence-corrected chi connectivity index (χ2v) is 11.2. The van der Waals surface area contributed by atoms with Gasteiger partial charge >= 0.3 is 0 Å². The zero-order valence-electron chi connectivity index (χ0n) is 19.7. The van der Waals surface area contributed by atoms with Crippen molar-refractivity contribution in [1.82, 2.24) is 9.21 Å². The molecule has 35 heavy (non-hydrogen) atoms. The Hall–Kier alpha value is -3.00. The van der Waals surface area contributed by atoms with Crippen LogP contribution in [0, 0.1) is 5.92 Å². The second-order valence-electron chi connectivity index (χ2n) is 9.31. The summed E-state index contributed by atoms with van der Waals surface area (Å²) in [6, 6.07) is 27.4. The third-order valence-corrected chi connectivity index (χ3v) is 9.02. The number of benzene rings is 3. The molecule has 0 bridgehead atoms. The first kappa shape index (κ1) is 23.7. The van der Waals surface area contributed by atoms with Gasteiger partial charge in [-0.05, 0) is 48.2 Å². The first-order valence-corrected chi connectivity index (χ1v) is 13.7. The molecule has 3 aromatic rings. The van der Waals surface area contributed by atoms with E-state index >= 15 is 0 Å². The summed E-state index contributed by atoms with van der Waals surface area (Å²) in [5.74, 6) is 0.111. The lowest BCUT2D eigenvalue weighted by Gasteiger charge is -2.39. The zero-order valence-corrected chi connectivity index (χ0v) is 20.5. The van der Waals surface area contributed by atoms with E-state index in [2.05, 4.69) is 34.5 Å². The lowest BCUT2D eigenvalue weighted by molar-refractivity contribution is -0.122. The van der Waals surface area contributed by atoms with Gasteiger partial charge in [-0.3, -0.25) is 9.69 Å². The maximum absolute atomic E-state index is 13.3. The normalized spacial score (nSPS) is 17.7. The van der Waals surface area contributed by atoms with E-state index in [1.54, 1.807) is 28.6 Å². The van der Waals surface area contributed by atoms with Crippen molar-refractivity contribution in [2.45, 2.75) is 30.2 Å². The molecule has 3 aromatic carbocycles. The molecule has 0 unspecified atom stereocenters. The van der Waals surface area contributed by atoms with Crippen molar-refractivity contribution in [2.24, 2.45) is 5.92 Å². The van der Waals surface area contributed by atoms with Crippen LogP contribution < -0.4 is 5.32 Å². The van der Waals surface area contributed by atoms with Gasteiger partial charge in [-0.2, -0.15) is 4.31 Å². The van der Waals surface area contributed by atoms with E-state index in [1.807, 2.05) is 36.4 Å². The van der Waals surface area contributed by atoms with Gasteiger partial charge in [-0.1, -0.05) is 67.1 Å². The third-order valence-electron chi connectivity index (χ3n) is 7.10. The van der Waals surface area contributed by atoms with E-state index in [9.17, 15) is 13.2 Å². The summed E-state index contributed by atoms with van der Waals surface area (Å²) in [5, 5.41) is 2.90. The summed E-state index contributed by atoms with van der Waals surface area (Å²) in [6.07, 6.45) is 2.96. The molecule has 0 radical (unpaired) electrons. The van der Waals surface area contributed by atoms with E-state index in [1.165, 1.54) is 11.1 Å². The predicted molar refractivity (Wildman–Crippen MR) is 137 cm³/mol. The lowest BCUT2D eigenvalue weighted by atomic mass is 9.85. The fourth-order valence-corrected chi connectivity index (χ4v) is 6.28. The van der Waals surface area contributed by atoms with Crippen molar-refractivity contribution >= 4 is 21.6 Å². The second kappa shape index (κ2) is 10.3. The minimum Gasteiger partial charge on any atom is -0.326 e. The lowest BCUT2D eigenvalue weighted by Crippen LogP contribution is -2.49. The van der Waals surface area contributed by atoms with Crippen LogP contribution in [0.15, 0.2) is 89.8 Å². The van der Waals surface area contributed by atoms with Gasteiger partial charge in [0.05, 0.1) is 10.9 Å².